The second-order valence-electron chi connectivity index (χ2n) is 7.68. The van der Waals surface area contributed by atoms with Crippen molar-refractivity contribution in [2.75, 3.05) is 0 Å². The van der Waals surface area contributed by atoms with Crippen molar-refractivity contribution in [3.63, 3.8) is 0 Å². The van der Waals surface area contributed by atoms with Crippen LogP contribution < -0.4 is 0 Å². The van der Waals surface area contributed by atoms with Crippen LogP contribution in [-0.2, 0) is 13.0 Å². The Kier molecular flexibility index (Phi) is 4.80. The van der Waals surface area contributed by atoms with Gasteiger partial charge in [0.1, 0.15) is 0 Å². The lowest BCUT2D eigenvalue weighted by molar-refractivity contribution is 0.170. The largest absolute Gasteiger partial charge is 0.365 e. The van der Waals surface area contributed by atoms with Gasteiger partial charge in [-0.05, 0) is 62.3 Å². The fraction of sp³-hybridized carbons (Fsp3) is 0.391. The highest BCUT2D eigenvalue weighted by Crippen LogP contribution is 2.38. The number of rotatable bonds is 4. The molecule has 0 amide bonds. The standard InChI is InChI=1S/C23H29N/c1-5-20-21-14-10-9-13-19(21)15-16-22(20)24(23(2,3)4)17-18-11-7-6-8-12-18/h6-14H,5,15-17H2,1-4H3. The van der Waals surface area contributed by atoms with Gasteiger partial charge in [-0.1, -0.05) is 61.5 Å². The number of hydrogen-bond acceptors (Lipinski definition) is 1. The summed E-state index contributed by atoms with van der Waals surface area (Å²) in [5, 5.41) is 0. The molecule has 0 N–H and O–H groups in total. The predicted octanol–water partition coefficient (Wildman–Crippen LogP) is 6.05. The molecule has 0 spiro atoms. The van der Waals surface area contributed by atoms with Gasteiger partial charge in [0.15, 0.2) is 0 Å². The Hall–Kier alpha value is -2.02. The van der Waals surface area contributed by atoms with Crippen LogP contribution in [0.1, 0.15) is 57.2 Å². The van der Waals surface area contributed by atoms with E-state index in [1.54, 1.807) is 0 Å². The lowest BCUT2D eigenvalue weighted by Gasteiger charge is -2.42. The summed E-state index contributed by atoms with van der Waals surface area (Å²) in [6, 6.07) is 19.8. The molecule has 0 aromatic heterocycles. The first-order chi connectivity index (χ1) is 11.5. The zero-order valence-electron chi connectivity index (χ0n) is 15.5. The molecule has 24 heavy (non-hydrogen) atoms. The zero-order chi connectivity index (χ0) is 17.2. The summed E-state index contributed by atoms with van der Waals surface area (Å²) < 4.78 is 0. The van der Waals surface area contributed by atoms with Gasteiger partial charge in [0, 0.05) is 17.8 Å². The average Bonchev–Trinajstić information content (AvgIpc) is 2.58. The predicted molar refractivity (Wildman–Crippen MR) is 104 cm³/mol. The van der Waals surface area contributed by atoms with E-state index in [9.17, 15) is 0 Å². The topological polar surface area (TPSA) is 3.24 Å². The van der Waals surface area contributed by atoms with Crippen molar-refractivity contribution in [3.8, 4) is 0 Å². The molecular weight excluding hydrogens is 290 g/mol. The first-order valence-corrected chi connectivity index (χ1v) is 9.12. The Balaban J connectivity index is 2.05. The third-order valence-corrected chi connectivity index (χ3v) is 4.99. The van der Waals surface area contributed by atoms with E-state index in [0.717, 1.165) is 25.8 Å². The Labute approximate surface area is 147 Å². The smallest absolute Gasteiger partial charge is 0.0432 e. The third kappa shape index (κ3) is 3.40. The van der Waals surface area contributed by atoms with Crippen molar-refractivity contribution < 1.29 is 0 Å². The minimum absolute atomic E-state index is 0.109. The second-order valence-corrected chi connectivity index (χ2v) is 7.68. The lowest BCUT2D eigenvalue weighted by atomic mass is 9.85. The summed E-state index contributed by atoms with van der Waals surface area (Å²) in [7, 11) is 0. The maximum atomic E-state index is 2.62. The van der Waals surface area contributed by atoms with E-state index in [2.05, 4.69) is 87.2 Å². The number of aryl methyl sites for hydroxylation is 1. The van der Waals surface area contributed by atoms with Gasteiger partial charge in [0.25, 0.3) is 0 Å². The van der Waals surface area contributed by atoms with Gasteiger partial charge in [0.2, 0.25) is 0 Å². The number of benzene rings is 2. The molecule has 0 saturated heterocycles. The maximum absolute atomic E-state index is 2.62. The second kappa shape index (κ2) is 6.84. The van der Waals surface area contributed by atoms with Crippen LogP contribution in [0.2, 0.25) is 0 Å². The first-order valence-electron chi connectivity index (χ1n) is 9.12. The summed E-state index contributed by atoms with van der Waals surface area (Å²) >= 11 is 0. The van der Waals surface area contributed by atoms with Crippen molar-refractivity contribution in [2.24, 2.45) is 0 Å². The molecule has 1 heteroatoms. The lowest BCUT2D eigenvalue weighted by Crippen LogP contribution is -2.41. The van der Waals surface area contributed by atoms with E-state index >= 15 is 0 Å². The molecule has 126 valence electrons. The molecule has 2 aromatic rings. The van der Waals surface area contributed by atoms with Crippen LogP contribution in [0.4, 0.5) is 0 Å². The third-order valence-electron chi connectivity index (χ3n) is 4.99. The molecule has 0 radical (unpaired) electrons. The quantitative estimate of drug-likeness (QED) is 0.662. The molecule has 0 heterocycles. The molecule has 0 saturated carbocycles. The average molecular weight is 319 g/mol. The van der Waals surface area contributed by atoms with Gasteiger partial charge in [-0.2, -0.15) is 0 Å². The van der Waals surface area contributed by atoms with Crippen LogP contribution in [0.5, 0.6) is 0 Å². The van der Waals surface area contributed by atoms with Crippen molar-refractivity contribution in [1.29, 1.82) is 0 Å². The van der Waals surface area contributed by atoms with Gasteiger partial charge < -0.3 is 4.90 Å². The fourth-order valence-corrected chi connectivity index (χ4v) is 3.79. The molecular formula is C23H29N. The van der Waals surface area contributed by atoms with Crippen molar-refractivity contribution in [1.82, 2.24) is 4.90 Å². The van der Waals surface area contributed by atoms with Crippen LogP contribution in [0, 0.1) is 0 Å². The highest BCUT2D eigenvalue weighted by Gasteiger charge is 2.28. The monoisotopic (exact) mass is 319 g/mol. The molecule has 2 aromatic carbocycles. The van der Waals surface area contributed by atoms with E-state index in [0.29, 0.717) is 0 Å². The van der Waals surface area contributed by atoms with Crippen LogP contribution in [-0.4, -0.2) is 10.4 Å². The van der Waals surface area contributed by atoms with Crippen molar-refractivity contribution in [3.05, 3.63) is 77.0 Å². The molecule has 0 fully saturated rings. The Morgan fingerprint density at radius 3 is 2.21 bits per heavy atom. The van der Waals surface area contributed by atoms with Crippen LogP contribution in [0.15, 0.2) is 60.3 Å². The van der Waals surface area contributed by atoms with Gasteiger partial charge in [-0.15, -0.1) is 0 Å². The Bertz CT molecular complexity index is 719. The molecule has 0 unspecified atom stereocenters. The number of allylic oxidation sites excluding steroid dienone is 2. The number of nitrogens with zero attached hydrogens (tertiary/aromatic N) is 1. The number of fused-ring (bicyclic) bond motifs is 1. The van der Waals surface area contributed by atoms with Crippen LogP contribution in [0.25, 0.3) is 5.57 Å². The zero-order valence-corrected chi connectivity index (χ0v) is 15.5. The van der Waals surface area contributed by atoms with Gasteiger partial charge in [-0.3, -0.25) is 0 Å². The van der Waals surface area contributed by atoms with Crippen molar-refractivity contribution >= 4 is 5.57 Å². The van der Waals surface area contributed by atoms with Gasteiger partial charge in [-0.25, -0.2) is 0 Å². The van der Waals surface area contributed by atoms with Gasteiger partial charge in [0.05, 0.1) is 0 Å². The Morgan fingerprint density at radius 2 is 1.54 bits per heavy atom. The van der Waals surface area contributed by atoms with E-state index in [4.69, 9.17) is 0 Å². The van der Waals surface area contributed by atoms with Crippen LogP contribution >= 0.6 is 0 Å². The number of hydrogen-bond donors (Lipinski definition) is 0. The Morgan fingerprint density at radius 1 is 0.875 bits per heavy atom. The fourth-order valence-electron chi connectivity index (χ4n) is 3.79. The summed E-state index contributed by atoms with van der Waals surface area (Å²) in [6.45, 7) is 10.3. The molecule has 1 aliphatic carbocycles. The summed E-state index contributed by atoms with van der Waals surface area (Å²) in [4.78, 5) is 2.62. The molecule has 1 nitrogen and oxygen atoms in total. The molecule has 0 bridgehead atoms. The minimum atomic E-state index is 0.109. The van der Waals surface area contributed by atoms with Gasteiger partial charge >= 0.3 is 0 Å². The van der Waals surface area contributed by atoms with Crippen molar-refractivity contribution in [2.45, 2.75) is 59.0 Å². The van der Waals surface area contributed by atoms with Crippen LogP contribution in [0.3, 0.4) is 0 Å². The van der Waals surface area contributed by atoms with E-state index < -0.39 is 0 Å². The summed E-state index contributed by atoms with van der Waals surface area (Å²) in [6.07, 6.45) is 3.38. The molecule has 3 rings (SSSR count). The minimum Gasteiger partial charge on any atom is -0.365 e. The highest BCUT2D eigenvalue weighted by molar-refractivity contribution is 5.72. The molecule has 0 aliphatic heterocycles. The van der Waals surface area contributed by atoms with E-state index in [1.165, 1.54) is 28.0 Å². The highest BCUT2D eigenvalue weighted by atomic mass is 15.2. The molecule has 1 aliphatic rings. The maximum Gasteiger partial charge on any atom is 0.0432 e. The summed E-state index contributed by atoms with van der Waals surface area (Å²) in [5.74, 6) is 0. The van der Waals surface area contributed by atoms with E-state index in [1.807, 2.05) is 0 Å². The SMILES string of the molecule is CCC1=C(N(Cc2ccccc2)C(C)(C)C)CCc2ccccc21. The van der Waals surface area contributed by atoms with E-state index in [-0.39, 0.29) is 5.54 Å². The summed E-state index contributed by atoms with van der Waals surface area (Å²) in [5.41, 5.74) is 7.53. The molecule has 0 atom stereocenters. The normalized spacial score (nSPS) is 14.5. The first kappa shape index (κ1) is 16.8.